The summed E-state index contributed by atoms with van der Waals surface area (Å²) in [5.74, 6) is 0.209. The molecule has 2 rings (SSSR count). The lowest BCUT2D eigenvalue weighted by Crippen LogP contribution is -2.36. The third kappa shape index (κ3) is 3.41. The first kappa shape index (κ1) is 15.9. The van der Waals surface area contributed by atoms with Crippen molar-refractivity contribution in [3.05, 3.63) is 33.9 Å². The summed E-state index contributed by atoms with van der Waals surface area (Å²) in [6, 6.07) is 4.15. The van der Waals surface area contributed by atoms with Crippen molar-refractivity contribution in [3.63, 3.8) is 0 Å². The van der Waals surface area contributed by atoms with Gasteiger partial charge in [0.15, 0.2) is 0 Å². The zero-order valence-electron chi connectivity index (χ0n) is 12.4. The summed E-state index contributed by atoms with van der Waals surface area (Å²) < 4.78 is 27.0. The molecule has 0 radical (unpaired) electrons. The van der Waals surface area contributed by atoms with E-state index in [1.165, 1.54) is 22.5 Å². The van der Waals surface area contributed by atoms with E-state index < -0.39 is 14.9 Å². The topological polar surface area (TPSA) is 80.5 Å². The van der Waals surface area contributed by atoms with Gasteiger partial charge < -0.3 is 0 Å². The monoisotopic (exact) mass is 312 g/mol. The van der Waals surface area contributed by atoms with Crippen LogP contribution in [0.4, 0.5) is 5.69 Å². The zero-order chi connectivity index (χ0) is 15.8. The predicted molar refractivity (Wildman–Crippen MR) is 79.6 cm³/mol. The van der Waals surface area contributed by atoms with E-state index in [9.17, 15) is 18.5 Å². The molecule has 0 bridgehead atoms. The number of hydrogen-bond donors (Lipinski definition) is 0. The summed E-state index contributed by atoms with van der Waals surface area (Å²) in [5.41, 5.74) is 0.303. The largest absolute Gasteiger partial charge is 0.273 e. The van der Waals surface area contributed by atoms with Gasteiger partial charge in [-0.25, -0.2) is 8.42 Å². The fourth-order valence-electron chi connectivity index (χ4n) is 2.25. The van der Waals surface area contributed by atoms with E-state index in [0.717, 1.165) is 12.8 Å². The summed E-state index contributed by atoms with van der Waals surface area (Å²) in [5, 5.41) is 11.0. The smallest absolute Gasteiger partial charge is 0.258 e. The Labute approximate surface area is 125 Å². The average molecular weight is 312 g/mol. The molecule has 6 nitrogen and oxygen atoms in total. The van der Waals surface area contributed by atoms with E-state index in [1.54, 1.807) is 6.92 Å². The van der Waals surface area contributed by atoms with Crippen LogP contribution in [0.5, 0.6) is 0 Å². The van der Waals surface area contributed by atoms with Crippen molar-refractivity contribution in [3.8, 4) is 0 Å². The highest BCUT2D eigenvalue weighted by Gasteiger charge is 2.38. The van der Waals surface area contributed by atoms with Gasteiger partial charge in [-0.05, 0) is 31.7 Å². The average Bonchev–Trinajstić information content (AvgIpc) is 3.19. The lowest BCUT2D eigenvalue weighted by atomic mass is 10.2. The minimum atomic E-state index is -3.68. The van der Waals surface area contributed by atoms with Gasteiger partial charge in [-0.15, -0.1) is 0 Å². The van der Waals surface area contributed by atoms with E-state index in [2.05, 4.69) is 0 Å². The van der Waals surface area contributed by atoms with Crippen LogP contribution in [0.3, 0.4) is 0 Å². The summed E-state index contributed by atoms with van der Waals surface area (Å²) in [4.78, 5) is 10.5. The summed E-state index contributed by atoms with van der Waals surface area (Å²) in [7, 11) is -3.68. The van der Waals surface area contributed by atoms with Crippen molar-refractivity contribution in [2.45, 2.75) is 44.6 Å². The van der Waals surface area contributed by atoms with Crippen LogP contribution in [0, 0.1) is 23.0 Å². The number of benzene rings is 1. The first-order valence-corrected chi connectivity index (χ1v) is 8.44. The lowest BCUT2D eigenvalue weighted by molar-refractivity contribution is -0.385. The van der Waals surface area contributed by atoms with E-state index in [-0.39, 0.29) is 22.5 Å². The number of rotatable bonds is 6. The Morgan fingerprint density at radius 1 is 1.38 bits per heavy atom. The molecule has 1 aliphatic rings. The highest BCUT2D eigenvalue weighted by molar-refractivity contribution is 7.89. The van der Waals surface area contributed by atoms with E-state index in [1.807, 2.05) is 13.8 Å². The number of nitrogens with zero attached hydrogens (tertiary/aromatic N) is 2. The van der Waals surface area contributed by atoms with Gasteiger partial charge in [-0.1, -0.05) is 19.9 Å². The fraction of sp³-hybridized carbons (Fsp3) is 0.571. The van der Waals surface area contributed by atoms with Crippen molar-refractivity contribution in [1.29, 1.82) is 0 Å². The van der Waals surface area contributed by atoms with Gasteiger partial charge in [0.05, 0.1) is 9.82 Å². The maximum absolute atomic E-state index is 12.7. The molecule has 0 saturated heterocycles. The molecule has 116 valence electrons. The van der Waals surface area contributed by atoms with Crippen molar-refractivity contribution in [2.75, 3.05) is 6.54 Å². The van der Waals surface area contributed by atoms with Crippen molar-refractivity contribution in [2.24, 2.45) is 5.92 Å². The summed E-state index contributed by atoms with van der Waals surface area (Å²) in [6.45, 7) is 5.96. The van der Waals surface area contributed by atoms with Crippen LogP contribution < -0.4 is 0 Å². The normalized spacial score (nSPS) is 15.7. The Kier molecular flexibility index (Phi) is 4.34. The Bertz CT molecular complexity index is 651. The molecule has 7 heteroatoms. The van der Waals surface area contributed by atoms with Crippen molar-refractivity contribution in [1.82, 2.24) is 4.31 Å². The molecule has 1 aliphatic carbocycles. The van der Waals surface area contributed by atoms with Crippen LogP contribution in [0.25, 0.3) is 0 Å². The third-order valence-electron chi connectivity index (χ3n) is 3.48. The van der Waals surface area contributed by atoms with Gasteiger partial charge in [0, 0.05) is 24.2 Å². The van der Waals surface area contributed by atoms with Gasteiger partial charge in [0.2, 0.25) is 10.0 Å². The molecule has 0 spiro atoms. The molecule has 1 saturated carbocycles. The number of aryl methyl sites for hydroxylation is 1. The van der Waals surface area contributed by atoms with Gasteiger partial charge >= 0.3 is 0 Å². The zero-order valence-corrected chi connectivity index (χ0v) is 13.3. The van der Waals surface area contributed by atoms with Crippen LogP contribution in [0.1, 0.15) is 32.3 Å². The standard InChI is InChI=1S/C14H20N2O4S/c1-10(2)9-15(12-5-6-12)21(19,20)13-7-4-11(3)14(8-13)16(17)18/h4,7-8,10,12H,5-6,9H2,1-3H3. The second kappa shape index (κ2) is 5.73. The van der Waals surface area contributed by atoms with Gasteiger partial charge in [0.25, 0.3) is 5.69 Å². The SMILES string of the molecule is Cc1ccc(S(=O)(=O)N(CC(C)C)C2CC2)cc1[N+](=O)[O-]. The predicted octanol–water partition coefficient (Wildman–Crippen LogP) is 2.71. The first-order valence-electron chi connectivity index (χ1n) is 7.00. The molecule has 0 atom stereocenters. The van der Waals surface area contributed by atoms with Gasteiger partial charge in [-0.3, -0.25) is 10.1 Å². The van der Waals surface area contributed by atoms with Crippen LogP contribution in [0.15, 0.2) is 23.1 Å². The van der Waals surface area contributed by atoms with Crippen LogP contribution >= 0.6 is 0 Å². The van der Waals surface area contributed by atoms with Crippen LogP contribution in [0.2, 0.25) is 0 Å². The van der Waals surface area contributed by atoms with Crippen molar-refractivity contribution >= 4 is 15.7 Å². The molecule has 0 aliphatic heterocycles. The molecule has 0 N–H and O–H groups in total. The molecule has 1 aromatic carbocycles. The summed E-state index contributed by atoms with van der Waals surface area (Å²) >= 11 is 0. The quantitative estimate of drug-likeness (QED) is 0.597. The Balaban J connectivity index is 2.42. The number of hydrogen-bond acceptors (Lipinski definition) is 4. The minimum Gasteiger partial charge on any atom is -0.258 e. The van der Waals surface area contributed by atoms with Crippen LogP contribution in [-0.4, -0.2) is 30.2 Å². The van der Waals surface area contributed by atoms with Crippen LogP contribution in [-0.2, 0) is 10.0 Å². The Morgan fingerprint density at radius 3 is 2.48 bits per heavy atom. The molecule has 0 unspecified atom stereocenters. The van der Waals surface area contributed by atoms with E-state index in [4.69, 9.17) is 0 Å². The molecule has 1 aromatic rings. The molecular formula is C14H20N2O4S. The molecule has 0 heterocycles. The number of nitro benzene ring substituents is 1. The minimum absolute atomic E-state index is 0.00681. The molecule has 1 fully saturated rings. The highest BCUT2D eigenvalue weighted by atomic mass is 32.2. The first-order chi connectivity index (χ1) is 9.73. The molecule has 0 amide bonds. The van der Waals surface area contributed by atoms with E-state index >= 15 is 0 Å². The lowest BCUT2D eigenvalue weighted by Gasteiger charge is -2.23. The third-order valence-corrected chi connectivity index (χ3v) is 5.40. The summed E-state index contributed by atoms with van der Waals surface area (Å²) in [6.07, 6.45) is 1.72. The number of nitro groups is 1. The van der Waals surface area contributed by atoms with Gasteiger partial charge in [0.1, 0.15) is 0 Å². The maximum atomic E-state index is 12.7. The van der Waals surface area contributed by atoms with Crippen molar-refractivity contribution < 1.29 is 13.3 Å². The Hall–Kier alpha value is -1.47. The van der Waals surface area contributed by atoms with Gasteiger partial charge in [-0.2, -0.15) is 4.31 Å². The number of sulfonamides is 1. The maximum Gasteiger partial charge on any atom is 0.273 e. The second-order valence-electron chi connectivity index (χ2n) is 5.91. The fourth-order valence-corrected chi connectivity index (χ4v) is 4.12. The second-order valence-corrected chi connectivity index (χ2v) is 7.80. The van der Waals surface area contributed by atoms with E-state index in [0.29, 0.717) is 12.1 Å². The Morgan fingerprint density at radius 2 is 2.00 bits per heavy atom. The molecule has 0 aromatic heterocycles. The molecule has 21 heavy (non-hydrogen) atoms. The highest BCUT2D eigenvalue weighted by Crippen LogP contribution is 2.34. The molecular weight excluding hydrogens is 292 g/mol.